The Kier molecular flexibility index (Phi) is 7.51. The number of hydrogen-bond donors (Lipinski definition) is 0. The molecule has 2 heterocycles. The molecule has 5 nitrogen and oxygen atoms in total. The molecule has 2 aromatic rings. The van der Waals surface area contributed by atoms with E-state index in [9.17, 15) is 9.18 Å². The summed E-state index contributed by atoms with van der Waals surface area (Å²) in [6.45, 7) is 3.83. The average molecular weight is 385 g/mol. The third-order valence-electron chi connectivity index (χ3n) is 5.11. The molecule has 0 spiro atoms. The van der Waals surface area contributed by atoms with Gasteiger partial charge in [0, 0.05) is 32.9 Å². The molecule has 1 aromatic carbocycles. The van der Waals surface area contributed by atoms with Crippen LogP contribution in [0.2, 0.25) is 0 Å². The van der Waals surface area contributed by atoms with Crippen molar-refractivity contribution in [3.05, 3.63) is 65.7 Å². The van der Waals surface area contributed by atoms with E-state index in [0.717, 1.165) is 30.6 Å². The second-order valence-corrected chi connectivity index (χ2v) is 7.28. The number of carbonyl (C=O) groups is 1. The van der Waals surface area contributed by atoms with Gasteiger partial charge in [0.25, 0.3) is 0 Å². The van der Waals surface area contributed by atoms with Crippen LogP contribution in [0.25, 0.3) is 0 Å². The summed E-state index contributed by atoms with van der Waals surface area (Å²) in [7, 11) is 1.64. The van der Waals surface area contributed by atoms with Crippen molar-refractivity contribution in [1.29, 1.82) is 0 Å². The first-order valence-electron chi connectivity index (χ1n) is 9.80. The maximum atomic E-state index is 13.5. The fourth-order valence-electron chi connectivity index (χ4n) is 3.71. The molecule has 28 heavy (non-hydrogen) atoms. The normalized spacial score (nSPS) is 17.4. The smallest absolute Gasteiger partial charge is 0.227 e. The summed E-state index contributed by atoms with van der Waals surface area (Å²) in [5.74, 6) is -0.127. The molecule has 1 aliphatic rings. The first-order valence-corrected chi connectivity index (χ1v) is 9.80. The van der Waals surface area contributed by atoms with E-state index in [-0.39, 0.29) is 17.6 Å². The standard InChI is InChI=1S/C22H28FN3O2/c1-28-13-12-26(17-21-9-2-3-10-24-21)22(27)19-7-5-11-25(16-19)15-18-6-4-8-20(23)14-18/h2-4,6,8-10,14,19H,5,7,11-13,15-17H2,1H3. The third kappa shape index (κ3) is 5.84. The SMILES string of the molecule is COCCN(Cc1ccccn1)C(=O)C1CCCN(Cc2cccc(F)c2)C1. The first-order chi connectivity index (χ1) is 13.7. The van der Waals surface area contributed by atoms with Crippen LogP contribution >= 0.6 is 0 Å². The Balaban J connectivity index is 1.64. The molecule has 0 N–H and O–H groups in total. The number of halogens is 1. The zero-order chi connectivity index (χ0) is 19.8. The summed E-state index contributed by atoms with van der Waals surface area (Å²) in [5.41, 5.74) is 1.82. The number of pyridine rings is 1. The fraction of sp³-hybridized carbons (Fsp3) is 0.455. The number of aromatic nitrogens is 1. The molecule has 1 atom stereocenters. The van der Waals surface area contributed by atoms with E-state index in [4.69, 9.17) is 4.74 Å². The lowest BCUT2D eigenvalue weighted by Crippen LogP contribution is -2.45. The van der Waals surface area contributed by atoms with Gasteiger partial charge in [0.05, 0.1) is 24.8 Å². The van der Waals surface area contributed by atoms with Crippen LogP contribution in [0, 0.1) is 11.7 Å². The molecule has 0 radical (unpaired) electrons. The summed E-state index contributed by atoms with van der Waals surface area (Å²) in [5, 5.41) is 0. The highest BCUT2D eigenvalue weighted by atomic mass is 19.1. The Hall–Kier alpha value is -2.31. The van der Waals surface area contributed by atoms with Crippen molar-refractivity contribution in [2.75, 3.05) is 33.4 Å². The monoisotopic (exact) mass is 385 g/mol. The maximum absolute atomic E-state index is 13.5. The molecule has 1 unspecified atom stereocenters. The van der Waals surface area contributed by atoms with E-state index in [0.29, 0.717) is 32.8 Å². The predicted molar refractivity (Wildman–Crippen MR) is 106 cm³/mol. The van der Waals surface area contributed by atoms with Gasteiger partial charge in [-0.2, -0.15) is 0 Å². The van der Waals surface area contributed by atoms with E-state index >= 15 is 0 Å². The van der Waals surface area contributed by atoms with Crippen LogP contribution in [0.1, 0.15) is 24.1 Å². The predicted octanol–water partition coefficient (Wildman–Crippen LogP) is 3.11. The van der Waals surface area contributed by atoms with Gasteiger partial charge >= 0.3 is 0 Å². The number of piperidine rings is 1. The van der Waals surface area contributed by atoms with Crippen molar-refractivity contribution in [1.82, 2.24) is 14.8 Å². The number of benzene rings is 1. The lowest BCUT2D eigenvalue weighted by molar-refractivity contribution is -0.138. The van der Waals surface area contributed by atoms with Crippen LogP contribution < -0.4 is 0 Å². The molecule has 0 bridgehead atoms. The minimum Gasteiger partial charge on any atom is -0.383 e. The highest BCUT2D eigenvalue weighted by molar-refractivity contribution is 5.79. The summed E-state index contributed by atoms with van der Waals surface area (Å²) in [6, 6.07) is 12.4. The molecule has 3 rings (SSSR count). The van der Waals surface area contributed by atoms with Gasteiger partial charge in [-0.15, -0.1) is 0 Å². The lowest BCUT2D eigenvalue weighted by atomic mass is 9.96. The number of ether oxygens (including phenoxy) is 1. The topological polar surface area (TPSA) is 45.7 Å². The van der Waals surface area contributed by atoms with Crippen LogP contribution in [-0.4, -0.2) is 54.0 Å². The summed E-state index contributed by atoms with van der Waals surface area (Å²) >= 11 is 0. The van der Waals surface area contributed by atoms with Crippen molar-refractivity contribution in [3.8, 4) is 0 Å². The van der Waals surface area contributed by atoms with Gasteiger partial charge < -0.3 is 9.64 Å². The van der Waals surface area contributed by atoms with E-state index in [1.807, 2.05) is 29.2 Å². The maximum Gasteiger partial charge on any atom is 0.227 e. The Morgan fingerprint density at radius 2 is 2.21 bits per heavy atom. The summed E-state index contributed by atoms with van der Waals surface area (Å²) < 4.78 is 18.7. The summed E-state index contributed by atoms with van der Waals surface area (Å²) in [4.78, 5) is 21.7. The van der Waals surface area contributed by atoms with Crippen molar-refractivity contribution >= 4 is 5.91 Å². The molecule has 1 aromatic heterocycles. The van der Waals surface area contributed by atoms with Crippen LogP contribution in [0.15, 0.2) is 48.7 Å². The minimum absolute atomic E-state index is 0.0529. The fourth-order valence-corrected chi connectivity index (χ4v) is 3.71. The van der Waals surface area contributed by atoms with Gasteiger partial charge in [0.1, 0.15) is 5.82 Å². The molecule has 6 heteroatoms. The molecule has 1 aliphatic heterocycles. The van der Waals surface area contributed by atoms with Gasteiger partial charge in [-0.05, 0) is 49.2 Å². The average Bonchev–Trinajstić information content (AvgIpc) is 2.71. The number of likely N-dealkylation sites (tertiary alicyclic amines) is 1. The van der Waals surface area contributed by atoms with Gasteiger partial charge in [-0.25, -0.2) is 4.39 Å². The molecule has 1 fully saturated rings. The number of carbonyl (C=O) groups excluding carboxylic acids is 1. The highest BCUT2D eigenvalue weighted by Crippen LogP contribution is 2.21. The van der Waals surface area contributed by atoms with Crippen LogP contribution in [0.4, 0.5) is 4.39 Å². The van der Waals surface area contributed by atoms with Gasteiger partial charge in [-0.3, -0.25) is 14.7 Å². The van der Waals surface area contributed by atoms with E-state index in [1.54, 1.807) is 25.4 Å². The van der Waals surface area contributed by atoms with Crippen LogP contribution in [-0.2, 0) is 22.6 Å². The zero-order valence-corrected chi connectivity index (χ0v) is 16.4. The van der Waals surface area contributed by atoms with E-state index in [1.165, 1.54) is 6.07 Å². The summed E-state index contributed by atoms with van der Waals surface area (Å²) in [6.07, 6.45) is 3.59. The Morgan fingerprint density at radius 3 is 2.96 bits per heavy atom. The molecular weight excluding hydrogens is 357 g/mol. The van der Waals surface area contributed by atoms with Crippen molar-refractivity contribution in [2.45, 2.75) is 25.9 Å². The number of methoxy groups -OCH3 is 1. The largest absolute Gasteiger partial charge is 0.383 e. The molecule has 150 valence electrons. The number of amides is 1. The van der Waals surface area contributed by atoms with Crippen molar-refractivity contribution in [3.63, 3.8) is 0 Å². The number of rotatable bonds is 8. The Morgan fingerprint density at radius 1 is 1.32 bits per heavy atom. The van der Waals surface area contributed by atoms with Gasteiger partial charge in [-0.1, -0.05) is 18.2 Å². The zero-order valence-electron chi connectivity index (χ0n) is 16.4. The van der Waals surface area contributed by atoms with Crippen molar-refractivity contribution in [2.24, 2.45) is 5.92 Å². The van der Waals surface area contributed by atoms with E-state index in [2.05, 4.69) is 9.88 Å². The first kappa shape index (κ1) is 20.4. The Bertz CT molecular complexity index is 756. The lowest BCUT2D eigenvalue weighted by Gasteiger charge is -2.35. The van der Waals surface area contributed by atoms with Gasteiger partial charge in [0.2, 0.25) is 5.91 Å². The van der Waals surface area contributed by atoms with Crippen LogP contribution in [0.5, 0.6) is 0 Å². The minimum atomic E-state index is -0.219. The van der Waals surface area contributed by atoms with Crippen molar-refractivity contribution < 1.29 is 13.9 Å². The highest BCUT2D eigenvalue weighted by Gasteiger charge is 2.29. The molecule has 0 saturated carbocycles. The van der Waals surface area contributed by atoms with E-state index < -0.39 is 0 Å². The molecule has 1 saturated heterocycles. The van der Waals surface area contributed by atoms with Gasteiger partial charge in [0.15, 0.2) is 0 Å². The van der Waals surface area contributed by atoms with Crippen LogP contribution in [0.3, 0.4) is 0 Å². The Labute approximate surface area is 166 Å². The molecular formula is C22H28FN3O2. The number of nitrogens with zero attached hydrogens (tertiary/aromatic N) is 3. The molecule has 0 aliphatic carbocycles. The quantitative estimate of drug-likeness (QED) is 0.701. The molecule has 1 amide bonds. The second kappa shape index (κ2) is 10.3. The third-order valence-corrected chi connectivity index (χ3v) is 5.11. The second-order valence-electron chi connectivity index (χ2n) is 7.28. The number of hydrogen-bond acceptors (Lipinski definition) is 4.